The summed E-state index contributed by atoms with van der Waals surface area (Å²) in [5.41, 5.74) is 0.695. The van der Waals surface area contributed by atoms with Gasteiger partial charge in [-0.05, 0) is 24.7 Å². The number of hydrogen-bond donors (Lipinski definition) is 3. The molecule has 4 atom stereocenters. The van der Waals surface area contributed by atoms with Crippen LogP contribution in [-0.2, 0) is 0 Å². The Hall–Kier alpha value is -1.14. The molecule has 0 saturated carbocycles. The largest absolute Gasteiger partial charge is 0.497 e. The van der Waals surface area contributed by atoms with E-state index < -0.39 is 24.4 Å². The van der Waals surface area contributed by atoms with Crippen molar-refractivity contribution in [3.63, 3.8) is 0 Å². The summed E-state index contributed by atoms with van der Waals surface area (Å²) in [5, 5.41) is 29.8. The first kappa shape index (κ1) is 13.3. The maximum Gasteiger partial charge on any atom is 0.118 e. The molecule has 2 rings (SSSR count). The molecule has 0 unspecified atom stereocenters. The molecule has 0 spiro atoms. The zero-order valence-electron chi connectivity index (χ0n) is 10.5. The lowest BCUT2D eigenvalue weighted by Crippen LogP contribution is -2.39. The number of likely N-dealkylation sites (N-methyl/N-ethyl adjacent to an activating group) is 1. The lowest BCUT2D eigenvalue weighted by molar-refractivity contribution is -0.00788. The molecule has 1 aromatic carbocycles. The van der Waals surface area contributed by atoms with Crippen LogP contribution in [0.2, 0.25) is 0 Å². The fourth-order valence-corrected chi connectivity index (χ4v) is 2.44. The van der Waals surface area contributed by atoms with Crippen molar-refractivity contribution in [3.8, 4) is 5.75 Å². The Balaban J connectivity index is 2.17. The standard InChI is InChI=1S/C13H19NO4/c1-14-7-10(15)13(17)11(14)12(16)8-3-5-9(18-2)6-4-8/h3-6,10-13,15-17H,7H2,1-2H3/t10-,11+,12+,13+/m0/s1. The van der Waals surface area contributed by atoms with Crippen molar-refractivity contribution in [2.24, 2.45) is 0 Å². The number of nitrogens with zero attached hydrogens (tertiary/aromatic N) is 1. The molecule has 0 aromatic heterocycles. The van der Waals surface area contributed by atoms with E-state index in [9.17, 15) is 15.3 Å². The average molecular weight is 253 g/mol. The van der Waals surface area contributed by atoms with Gasteiger partial charge in [0.1, 0.15) is 5.75 Å². The predicted molar refractivity (Wildman–Crippen MR) is 66.4 cm³/mol. The van der Waals surface area contributed by atoms with Crippen molar-refractivity contribution in [2.45, 2.75) is 24.4 Å². The minimum absolute atomic E-state index is 0.360. The van der Waals surface area contributed by atoms with Crippen LogP contribution in [0.3, 0.4) is 0 Å². The summed E-state index contributed by atoms with van der Waals surface area (Å²) in [6, 6.07) is 6.55. The molecule has 1 saturated heterocycles. The number of aliphatic hydroxyl groups is 3. The summed E-state index contributed by atoms with van der Waals surface area (Å²) in [6.07, 6.45) is -2.59. The highest BCUT2D eigenvalue weighted by Crippen LogP contribution is 2.29. The summed E-state index contributed by atoms with van der Waals surface area (Å²) in [6.45, 7) is 0.360. The highest BCUT2D eigenvalue weighted by molar-refractivity contribution is 5.29. The Bertz CT molecular complexity index is 394. The molecule has 1 aliphatic rings. The zero-order chi connectivity index (χ0) is 13.3. The molecule has 0 amide bonds. The Morgan fingerprint density at radius 1 is 1.28 bits per heavy atom. The van der Waals surface area contributed by atoms with Gasteiger partial charge in [0.05, 0.1) is 31.5 Å². The van der Waals surface area contributed by atoms with Crippen molar-refractivity contribution < 1.29 is 20.1 Å². The van der Waals surface area contributed by atoms with E-state index in [0.29, 0.717) is 17.9 Å². The molecular formula is C13H19NO4. The molecule has 0 radical (unpaired) electrons. The summed E-state index contributed by atoms with van der Waals surface area (Å²) in [4.78, 5) is 1.77. The zero-order valence-corrected chi connectivity index (χ0v) is 10.5. The van der Waals surface area contributed by atoms with Gasteiger partial charge in [-0.25, -0.2) is 0 Å². The Morgan fingerprint density at radius 3 is 2.33 bits per heavy atom. The second kappa shape index (κ2) is 5.24. The smallest absolute Gasteiger partial charge is 0.118 e. The molecule has 3 N–H and O–H groups in total. The van der Waals surface area contributed by atoms with Gasteiger partial charge in [-0.2, -0.15) is 0 Å². The van der Waals surface area contributed by atoms with Gasteiger partial charge in [0.15, 0.2) is 0 Å². The summed E-state index contributed by atoms with van der Waals surface area (Å²) >= 11 is 0. The van der Waals surface area contributed by atoms with Crippen LogP contribution < -0.4 is 4.74 Å². The van der Waals surface area contributed by atoms with E-state index in [4.69, 9.17) is 4.74 Å². The van der Waals surface area contributed by atoms with E-state index in [2.05, 4.69) is 0 Å². The molecule has 100 valence electrons. The van der Waals surface area contributed by atoms with E-state index >= 15 is 0 Å². The van der Waals surface area contributed by atoms with Gasteiger partial charge < -0.3 is 20.1 Å². The number of likely N-dealkylation sites (tertiary alicyclic amines) is 1. The SMILES string of the molecule is COc1ccc([C@@H](O)[C@@H]2[C@H](O)[C@@H](O)CN2C)cc1. The number of rotatable bonds is 3. The average Bonchev–Trinajstić information content (AvgIpc) is 2.63. The maximum atomic E-state index is 10.3. The van der Waals surface area contributed by atoms with Crippen LogP contribution >= 0.6 is 0 Å². The summed E-state index contributed by atoms with van der Waals surface area (Å²) in [5.74, 6) is 0.714. The van der Waals surface area contributed by atoms with Gasteiger partial charge in [-0.1, -0.05) is 12.1 Å². The molecular weight excluding hydrogens is 234 g/mol. The first-order chi connectivity index (χ1) is 8.54. The number of methoxy groups -OCH3 is 1. The second-order valence-corrected chi connectivity index (χ2v) is 4.71. The topological polar surface area (TPSA) is 73.2 Å². The predicted octanol–water partition coefficient (Wildman–Crippen LogP) is -0.236. The Morgan fingerprint density at radius 2 is 1.89 bits per heavy atom. The van der Waals surface area contributed by atoms with E-state index in [0.717, 1.165) is 0 Å². The Labute approximate surface area is 106 Å². The molecule has 1 heterocycles. The van der Waals surface area contributed by atoms with Gasteiger partial charge in [0.25, 0.3) is 0 Å². The molecule has 1 aliphatic heterocycles. The van der Waals surface area contributed by atoms with Gasteiger partial charge in [-0.15, -0.1) is 0 Å². The number of β-amino-alcohol motifs (C(OH)–C–C–N with tert-alkyl or cyclic N) is 1. The lowest BCUT2D eigenvalue weighted by Gasteiger charge is -2.27. The first-order valence-corrected chi connectivity index (χ1v) is 5.93. The van der Waals surface area contributed by atoms with Crippen LogP contribution in [0, 0.1) is 0 Å². The highest BCUT2D eigenvalue weighted by Gasteiger charge is 2.42. The monoisotopic (exact) mass is 253 g/mol. The number of aliphatic hydroxyl groups excluding tert-OH is 3. The fraction of sp³-hybridized carbons (Fsp3) is 0.538. The second-order valence-electron chi connectivity index (χ2n) is 4.71. The normalized spacial score (nSPS) is 30.4. The van der Waals surface area contributed by atoms with Gasteiger partial charge in [-0.3, -0.25) is 4.90 Å². The van der Waals surface area contributed by atoms with E-state index in [1.54, 1.807) is 43.3 Å². The third kappa shape index (κ3) is 2.35. The molecule has 5 nitrogen and oxygen atoms in total. The number of hydrogen-bond acceptors (Lipinski definition) is 5. The van der Waals surface area contributed by atoms with Crippen molar-refractivity contribution in [1.82, 2.24) is 4.90 Å². The quantitative estimate of drug-likeness (QED) is 0.693. The van der Waals surface area contributed by atoms with Crippen LogP contribution in [-0.4, -0.2) is 59.2 Å². The van der Waals surface area contributed by atoms with Crippen LogP contribution in [0.5, 0.6) is 5.75 Å². The third-order valence-electron chi connectivity index (χ3n) is 3.51. The lowest BCUT2D eigenvalue weighted by atomic mass is 9.98. The van der Waals surface area contributed by atoms with Crippen LogP contribution in [0.4, 0.5) is 0 Å². The van der Waals surface area contributed by atoms with Gasteiger partial charge >= 0.3 is 0 Å². The molecule has 1 aromatic rings. The van der Waals surface area contributed by atoms with Gasteiger partial charge in [0, 0.05) is 6.54 Å². The summed E-state index contributed by atoms with van der Waals surface area (Å²) in [7, 11) is 3.35. The maximum absolute atomic E-state index is 10.3. The molecule has 0 bridgehead atoms. The summed E-state index contributed by atoms with van der Waals surface area (Å²) < 4.78 is 5.05. The first-order valence-electron chi connectivity index (χ1n) is 5.93. The van der Waals surface area contributed by atoms with Crippen LogP contribution in [0.1, 0.15) is 11.7 Å². The minimum atomic E-state index is -0.938. The van der Waals surface area contributed by atoms with Crippen LogP contribution in [0.25, 0.3) is 0 Å². The number of benzene rings is 1. The molecule has 0 aliphatic carbocycles. The molecule has 18 heavy (non-hydrogen) atoms. The molecule has 1 fully saturated rings. The van der Waals surface area contributed by atoms with Crippen LogP contribution in [0.15, 0.2) is 24.3 Å². The van der Waals surface area contributed by atoms with Crippen molar-refractivity contribution in [3.05, 3.63) is 29.8 Å². The fourth-order valence-electron chi connectivity index (χ4n) is 2.44. The van der Waals surface area contributed by atoms with Gasteiger partial charge in [0.2, 0.25) is 0 Å². The third-order valence-corrected chi connectivity index (χ3v) is 3.51. The minimum Gasteiger partial charge on any atom is -0.497 e. The molecule has 5 heteroatoms. The van der Waals surface area contributed by atoms with E-state index in [1.807, 2.05) is 0 Å². The van der Waals surface area contributed by atoms with E-state index in [1.165, 1.54) is 0 Å². The van der Waals surface area contributed by atoms with Crippen molar-refractivity contribution in [2.75, 3.05) is 20.7 Å². The number of ether oxygens (including phenoxy) is 1. The highest BCUT2D eigenvalue weighted by atomic mass is 16.5. The van der Waals surface area contributed by atoms with E-state index in [-0.39, 0.29) is 0 Å². The Kier molecular flexibility index (Phi) is 3.87. The van der Waals surface area contributed by atoms with Crippen molar-refractivity contribution >= 4 is 0 Å². The van der Waals surface area contributed by atoms with Crippen molar-refractivity contribution in [1.29, 1.82) is 0 Å².